The van der Waals surface area contributed by atoms with Crippen LogP contribution in [0.15, 0.2) is 30.3 Å². The zero-order valence-electron chi connectivity index (χ0n) is 18.3. The Kier molecular flexibility index (Phi) is 5.15. The molecule has 2 saturated carbocycles. The predicted octanol–water partition coefficient (Wildman–Crippen LogP) is 3.36. The van der Waals surface area contributed by atoms with Crippen LogP contribution in [0.25, 0.3) is 0 Å². The number of amides is 4. The molecule has 1 aromatic rings. The molecule has 0 aromatic heterocycles. The summed E-state index contributed by atoms with van der Waals surface area (Å²) in [6.45, 7) is 6.72. The van der Waals surface area contributed by atoms with Gasteiger partial charge in [-0.2, -0.15) is 0 Å². The van der Waals surface area contributed by atoms with Crippen molar-refractivity contribution in [3.8, 4) is 0 Å². The number of hydrogen-bond acceptors (Lipinski definition) is 3. The number of hydrogen-bond donors (Lipinski definition) is 2. The Balaban J connectivity index is 1.40. The maximum atomic E-state index is 13.2. The van der Waals surface area contributed by atoms with Gasteiger partial charge < -0.3 is 10.6 Å². The van der Waals surface area contributed by atoms with E-state index in [1.54, 1.807) is 0 Å². The van der Waals surface area contributed by atoms with Crippen molar-refractivity contribution in [3.63, 3.8) is 0 Å². The molecule has 0 bridgehead atoms. The summed E-state index contributed by atoms with van der Waals surface area (Å²) in [5.74, 6) is -0.180. The highest BCUT2D eigenvalue weighted by molar-refractivity contribution is 6.09. The number of rotatable bonds is 5. The first kappa shape index (κ1) is 20.9. The molecule has 4 amide bonds. The largest absolute Gasteiger partial charge is 0.354 e. The van der Waals surface area contributed by atoms with Gasteiger partial charge in [-0.3, -0.25) is 14.5 Å². The molecule has 3 aliphatic rings. The summed E-state index contributed by atoms with van der Waals surface area (Å²) in [6.07, 6.45) is 5.50. The minimum absolute atomic E-state index is 0.0227. The lowest BCUT2D eigenvalue weighted by Crippen LogP contribution is -2.54. The number of carbonyl (C=O) groups excluding carboxylic acids is 3. The summed E-state index contributed by atoms with van der Waals surface area (Å²) in [4.78, 5) is 39.6. The van der Waals surface area contributed by atoms with E-state index in [4.69, 9.17) is 0 Å². The summed E-state index contributed by atoms with van der Waals surface area (Å²) in [7, 11) is 0. The van der Waals surface area contributed by atoms with Crippen molar-refractivity contribution in [2.45, 2.75) is 70.3 Å². The second-order valence-electron chi connectivity index (χ2n) is 10.5. The highest BCUT2D eigenvalue weighted by Gasteiger charge is 2.56. The molecular weight excluding hydrogens is 378 g/mol. The summed E-state index contributed by atoms with van der Waals surface area (Å²) in [6, 6.07) is 9.82. The number of nitrogens with zero attached hydrogens (tertiary/aromatic N) is 1. The molecule has 2 unspecified atom stereocenters. The SMILES string of the molecule is CC1CC(C)(C)CC2(C1)NC(=O)N(CC(=O)NCC1(c3ccccc3)CCC1)C2=O. The second kappa shape index (κ2) is 7.40. The first-order valence-corrected chi connectivity index (χ1v) is 11.1. The molecule has 1 heterocycles. The quantitative estimate of drug-likeness (QED) is 0.729. The molecule has 1 spiro atoms. The molecule has 1 saturated heterocycles. The lowest BCUT2D eigenvalue weighted by atomic mass is 9.64. The van der Waals surface area contributed by atoms with Gasteiger partial charge in [-0.1, -0.05) is 57.5 Å². The van der Waals surface area contributed by atoms with Crippen LogP contribution in [0.3, 0.4) is 0 Å². The van der Waals surface area contributed by atoms with Crippen LogP contribution in [-0.2, 0) is 15.0 Å². The van der Waals surface area contributed by atoms with Crippen molar-refractivity contribution in [1.29, 1.82) is 0 Å². The molecule has 162 valence electrons. The minimum atomic E-state index is -0.863. The van der Waals surface area contributed by atoms with Crippen molar-refractivity contribution in [3.05, 3.63) is 35.9 Å². The monoisotopic (exact) mass is 411 g/mol. The van der Waals surface area contributed by atoms with Crippen molar-refractivity contribution >= 4 is 17.8 Å². The van der Waals surface area contributed by atoms with E-state index >= 15 is 0 Å². The summed E-state index contributed by atoms with van der Waals surface area (Å²) in [5, 5.41) is 5.93. The van der Waals surface area contributed by atoms with Crippen LogP contribution in [0.1, 0.15) is 64.9 Å². The minimum Gasteiger partial charge on any atom is -0.354 e. The van der Waals surface area contributed by atoms with Crippen LogP contribution in [0, 0.1) is 11.3 Å². The molecule has 2 aliphatic carbocycles. The Morgan fingerprint density at radius 3 is 2.47 bits per heavy atom. The molecule has 6 nitrogen and oxygen atoms in total. The topological polar surface area (TPSA) is 78.5 Å². The van der Waals surface area contributed by atoms with Gasteiger partial charge in [0.15, 0.2) is 0 Å². The molecule has 30 heavy (non-hydrogen) atoms. The maximum Gasteiger partial charge on any atom is 0.325 e. The predicted molar refractivity (Wildman–Crippen MR) is 115 cm³/mol. The summed E-state index contributed by atoms with van der Waals surface area (Å²) in [5.41, 5.74) is 0.324. The summed E-state index contributed by atoms with van der Waals surface area (Å²) >= 11 is 0. The highest BCUT2D eigenvalue weighted by Crippen LogP contribution is 2.46. The van der Waals surface area contributed by atoms with Gasteiger partial charge in [-0.25, -0.2) is 4.79 Å². The average Bonchev–Trinajstić information content (AvgIpc) is 2.83. The molecule has 2 atom stereocenters. The standard InChI is InChI=1S/C24H33N3O3/c1-17-12-22(2,3)15-24(13-17)20(29)27(21(30)26-24)14-19(28)25-16-23(10-7-11-23)18-8-5-4-6-9-18/h4-6,8-9,17H,7,10-16H2,1-3H3,(H,25,28)(H,26,30). The van der Waals surface area contributed by atoms with Crippen LogP contribution in [-0.4, -0.2) is 41.4 Å². The van der Waals surface area contributed by atoms with Crippen molar-refractivity contribution < 1.29 is 14.4 Å². The fourth-order valence-corrected chi connectivity index (χ4v) is 6.08. The van der Waals surface area contributed by atoms with Gasteiger partial charge >= 0.3 is 6.03 Å². The Labute approximate surface area is 178 Å². The first-order chi connectivity index (χ1) is 14.1. The fourth-order valence-electron chi connectivity index (χ4n) is 6.08. The van der Waals surface area contributed by atoms with Crippen molar-refractivity contribution in [2.75, 3.05) is 13.1 Å². The van der Waals surface area contributed by atoms with Gasteiger partial charge in [0, 0.05) is 12.0 Å². The smallest absolute Gasteiger partial charge is 0.325 e. The molecule has 2 N–H and O–H groups in total. The molecule has 4 rings (SSSR count). The lowest BCUT2D eigenvalue weighted by molar-refractivity contribution is -0.137. The van der Waals surface area contributed by atoms with Gasteiger partial charge in [0.2, 0.25) is 5.91 Å². The molecule has 1 aliphatic heterocycles. The number of benzene rings is 1. The van der Waals surface area contributed by atoms with Gasteiger partial charge in [0.05, 0.1) is 0 Å². The van der Waals surface area contributed by atoms with E-state index in [0.717, 1.165) is 30.6 Å². The van der Waals surface area contributed by atoms with Crippen LogP contribution in [0.2, 0.25) is 0 Å². The highest BCUT2D eigenvalue weighted by atomic mass is 16.2. The van der Waals surface area contributed by atoms with Gasteiger partial charge in [-0.15, -0.1) is 0 Å². The number of nitrogens with one attached hydrogen (secondary N) is 2. The Hall–Kier alpha value is -2.37. The van der Waals surface area contributed by atoms with Crippen molar-refractivity contribution in [1.82, 2.24) is 15.5 Å². The van der Waals surface area contributed by atoms with Crippen molar-refractivity contribution in [2.24, 2.45) is 11.3 Å². The van der Waals surface area contributed by atoms with Gasteiger partial charge in [0.1, 0.15) is 12.1 Å². The Morgan fingerprint density at radius 2 is 1.87 bits per heavy atom. The molecular formula is C24H33N3O3. The van der Waals surface area contributed by atoms with Crippen LogP contribution >= 0.6 is 0 Å². The molecule has 1 aromatic carbocycles. The second-order valence-corrected chi connectivity index (χ2v) is 10.5. The fraction of sp³-hybridized carbons (Fsp3) is 0.625. The van der Waals surface area contributed by atoms with E-state index in [0.29, 0.717) is 25.3 Å². The van der Waals surface area contributed by atoms with Gasteiger partial charge in [-0.05, 0) is 49.0 Å². The van der Waals surface area contributed by atoms with E-state index in [1.807, 2.05) is 18.2 Å². The summed E-state index contributed by atoms with van der Waals surface area (Å²) < 4.78 is 0. The van der Waals surface area contributed by atoms with Crippen LogP contribution in [0.4, 0.5) is 4.79 Å². The molecule has 3 fully saturated rings. The Morgan fingerprint density at radius 1 is 1.17 bits per heavy atom. The zero-order valence-corrected chi connectivity index (χ0v) is 18.3. The van der Waals surface area contributed by atoms with Crippen LogP contribution in [0.5, 0.6) is 0 Å². The third-order valence-electron chi connectivity index (χ3n) is 7.25. The number of urea groups is 1. The molecule has 0 radical (unpaired) electrons. The van der Waals surface area contributed by atoms with E-state index in [9.17, 15) is 14.4 Å². The zero-order chi connectivity index (χ0) is 21.6. The maximum absolute atomic E-state index is 13.2. The van der Waals surface area contributed by atoms with E-state index in [2.05, 4.69) is 43.5 Å². The van der Waals surface area contributed by atoms with E-state index < -0.39 is 11.6 Å². The average molecular weight is 412 g/mol. The third-order valence-corrected chi connectivity index (χ3v) is 7.25. The van der Waals surface area contributed by atoms with Gasteiger partial charge in [0.25, 0.3) is 5.91 Å². The first-order valence-electron chi connectivity index (χ1n) is 11.1. The number of imide groups is 1. The van der Waals surface area contributed by atoms with Crippen LogP contribution < -0.4 is 10.6 Å². The lowest BCUT2D eigenvalue weighted by Gasteiger charge is -2.44. The van der Waals surface area contributed by atoms with E-state index in [1.165, 1.54) is 5.56 Å². The Bertz CT molecular complexity index is 847. The molecule has 6 heteroatoms. The third kappa shape index (κ3) is 3.72. The van der Waals surface area contributed by atoms with E-state index in [-0.39, 0.29) is 29.2 Å². The number of carbonyl (C=O) groups is 3. The normalized spacial score (nSPS) is 29.4.